The Kier molecular flexibility index (Phi) is 7.07. The molecular formula is C31H37N7O3S. The van der Waals surface area contributed by atoms with Crippen LogP contribution in [0.5, 0.6) is 0 Å². The molecule has 2 N–H and O–H groups in total. The SMILES string of the molecule is CC(C)N1CCn2nc(Nc3cc(-c4cccc(N5Cc6cc(C(C)(C)C)sc6C5=O)c4CO)nn(C)c3=O)cc2C1. The summed E-state index contributed by atoms with van der Waals surface area (Å²) in [6.07, 6.45) is 0. The van der Waals surface area contributed by atoms with Gasteiger partial charge in [0.25, 0.3) is 11.5 Å². The van der Waals surface area contributed by atoms with Crippen molar-refractivity contribution in [1.82, 2.24) is 24.5 Å². The van der Waals surface area contributed by atoms with Crippen LogP contribution in [0.15, 0.2) is 41.2 Å². The highest BCUT2D eigenvalue weighted by molar-refractivity contribution is 7.14. The van der Waals surface area contributed by atoms with Crippen molar-refractivity contribution in [3.05, 3.63) is 73.3 Å². The van der Waals surface area contributed by atoms with Crippen molar-refractivity contribution in [2.75, 3.05) is 16.8 Å². The lowest BCUT2D eigenvalue weighted by atomic mass is 9.94. The number of hydrogen-bond donors (Lipinski definition) is 2. The topological polar surface area (TPSA) is 109 Å². The first kappa shape index (κ1) is 28.3. The number of anilines is 3. The highest BCUT2D eigenvalue weighted by Crippen LogP contribution is 2.41. The van der Waals surface area contributed by atoms with E-state index in [0.717, 1.165) is 35.8 Å². The van der Waals surface area contributed by atoms with E-state index in [0.29, 0.717) is 46.6 Å². The molecule has 220 valence electrons. The van der Waals surface area contributed by atoms with Gasteiger partial charge in [-0.3, -0.25) is 19.2 Å². The summed E-state index contributed by atoms with van der Waals surface area (Å²) in [7, 11) is 1.60. The molecule has 5 heterocycles. The number of thiophene rings is 1. The lowest BCUT2D eigenvalue weighted by molar-refractivity contribution is 0.0999. The van der Waals surface area contributed by atoms with Crippen LogP contribution in [0.3, 0.4) is 0 Å². The maximum atomic E-state index is 13.5. The molecule has 1 aromatic carbocycles. The van der Waals surface area contributed by atoms with Gasteiger partial charge in [-0.2, -0.15) is 10.2 Å². The van der Waals surface area contributed by atoms with Crippen molar-refractivity contribution in [2.24, 2.45) is 7.05 Å². The summed E-state index contributed by atoms with van der Waals surface area (Å²) in [5, 5.41) is 23.0. The van der Waals surface area contributed by atoms with Gasteiger partial charge in [-0.15, -0.1) is 11.3 Å². The van der Waals surface area contributed by atoms with E-state index in [9.17, 15) is 14.7 Å². The first-order chi connectivity index (χ1) is 19.9. The molecule has 1 amide bonds. The van der Waals surface area contributed by atoms with Gasteiger partial charge in [0.1, 0.15) is 5.69 Å². The first-order valence-electron chi connectivity index (χ1n) is 14.3. The number of fused-ring (bicyclic) bond motifs is 2. The number of aliphatic hydroxyl groups excluding tert-OH is 1. The predicted molar refractivity (Wildman–Crippen MR) is 165 cm³/mol. The van der Waals surface area contributed by atoms with Crippen molar-refractivity contribution in [3.63, 3.8) is 0 Å². The second-order valence-corrected chi connectivity index (χ2v) is 13.4. The third-order valence-electron chi connectivity index (χ3n) is 8.08. The molecule has 6 rings (SSSR count). The number of aromatic nitrogens is 4. The van der Waals surface area contributed by atoms with Crippen LogP contribution in [0.1, 0.15) is 66.0 Å². The average Bonchev–Trinajstić information content (AvgIpc) is 3.63. The van der Waals surface area contributed by atoms with E-state index in [1.807, 2.05) is 28.9 Å². The second-order valence-electron chi connectivity index (χ2n) is 12.4. The van der Waals surface area contributed by atoms with Crippen molar-refractivity contribution >= 4 is 34.4 Å². The van der Waals surface area contributed by atoms with Gasteiger partial charge < -0.3 is 15.3 Å². The van der Waals surface area contributed by atoms with Crippen LogP contribution in [-0.4, -0.2) is 48.1 Å². The number of nitrogens with one attached hydrogen (secondary N) is 1. The molecule has 0 bridgehead atoms. The number of nitrogens with zero attached hydrogens (tertiary/aromatic N) is 6. The molecule has 0 spiro atoms. The highest BCUT2D eigenvalue weighted by Gasteiger charge is 2.34. The Morgan fingerprint density at radius 1 is 1.07 bits per heavy atom. The summed E-state index contributed by atoms with van der Waals surface area (Å²) in [4.78, 5) is 32.7. The fraction of sp³-hybridized carbons (Fsp3) is 0.419. The Bertz CT molecular complexity index is 1740. The molecule has 0 saturated heterocycles. The molecule has 2 aliphatic heterocycles. The van der Waals surface area contributed by atoms with E-state index in [4.69, 9.17) is 0 Å². The first-order valence-corrected chi connectivity index (χ1v) is 15.1. The molecule has 4 aromatic rings. The number of aryl methyl sites for hydroxylation is 1. The van der Waals surface area contributed by atoms with Crippen molar-refractivity contribution in [1.29, 1.82) is 0 Å². The lowest BCUT2D eigenvalue weighted by Gasteiger charge is -2.30. The normalized spacial score (nSPS) is 15.4. The van der Waals surface area contributed by atoms with Crippen LogP contribution in [0.2, 0.25) is 0 Å². The molecule has 3 aromatic heterocycles. The van der Waals surface area contributed by atoms with E-state index in [1.165, 1.54) is 9.56 Å². The molecule has 0 fully saturated rings. The molecule has 0 saturated carbocycles. The minimum Gasteiger partial charge on any atom is -0.392 e. The largest absolute Gasteiger partial charge is 0.392 e. The number of rotatable bonds is 6. The van der Waals surface area contributed by atoms with Gasteiger partial charge in [0.05, 0.1) is 41.6 Å². The molecule has 0 unspecified atom stereocenters. The summed E-state index contributed by atoms with van der Waals surface area (Å²) in [5.74, 6) is 0.539. The molecule has 42 heavy (non-hydrogen) atoms. The highest BCUT2D eigenvalue weighted by atomic mass is 32.1. The number of hydrogen-bond acceptors (Lipinski definition) is 8. The number of amides is 1. The van der Waals surface area contributed by atoms with Gasteiger partial charge in [0.15, 0.2) is 5.82 Å². The fourth-order valence-electron chi connectivity index (χ4n) is 5.65. The van der Waals surface area contributed by atoms with Crippen LogP contribution in [0.4, 0.5) is 17.2 Å². The van der Waals surface area contributed by atoms with Crippen molar-refractivity contribution < 1.29 is 9.90 Å². The van der Waals surface area contributed by atoms with E-state index >= 15 is 0 Å². The van der Waals surface area contributed by atoms with Crippen molar-refractivity contribution in [3.8, 4) is 11.3 Å². The van der Waals surface area contributed by atoms with Crippen LogP contribution in [0.25, 0.3) is 11.3 Å². The molecular weight excluding hydrogens is 550 g/mol. The lowest BCUT2D eigenvalue weighted by Crippen LogP contribution is -2.38. The predicted octanol–water partition coefficient (Wildman–Crippen LogP) is 4.62. The van der Waals surface area contributed by atoms with Crippen molar-refractivity contribution in [2.45, 2.75) is 72.3 Å². The zero-order chi connectivity index (χ0) is 29.9. The average molecular weight is 588 g/mol. The fourth-order valence-corrected chi connectivity index (χ4v) is 6.83. The minimum absolute atomic E-state index is 0.0265. The minimum atomic E-state index is -0.288. The molecule has 10 nitrogen and oxygen atoms in total. The number of aliphatic hydroxyl groups is 1. The van der Waals surface area contributed by atoms with Crippen LogP contribution < -0.4 is 15.8 Å². The van der Waals surface area contributed by atoms with Gasteiger partial charge in [-0.25, -0.2) is 4.68 Å². The van der Waals surface area contributed by atoms with E-state index < -0.39 is 0 Å². The Balaban J connectivity index is 1.32. The third-order valence-corrected chi connectivity index (χ3v) is 9.67. The Hall–Kier alpha value is -3.80. The Morgan fingerprint density at radius 2 is 1.86 bits per heavy atom. The summed E-state index contributed by atoms with van der Waals surface area (Å²) >= 11 is 1.54. The third kappa shape index (κ3) is 4.95. The zero-order valence-corrected chi connectivity index (χ0v) is 25.7. The quantitative estimate of drug-likeness (QED) is 0.339. The van der Waals surface area contributed by atoms with E-state index in [2.05, 4.69) is 61.1 Å². The summed E-state index contributed by atoms with van der Waals surface area (Å²) in [5.41, 5.74) is 4.52. The second kappa shape index (κ2) is 10.5. The summed E-state index contributed by atoms with van der Waals surface area (Å²) in [6.45, 7) is 13.5. The summed E-state index contributed by atoms with van der Waals surface area (Å²) < 4.78 is 3.27. The van der Waals surface area contributed by atoms with Crippen LogP contribution in [-0.2, 0) is 38.7 Å². The molecule has 0 aliphatic carbocycles. The zero-order valence-electron chi connectivity index (χ0n) is 24.9. The molecule has 0 radical (unpaired) electrons. The van der Waals surface area contributed by atoms with E-state index in [1.54, 1.807) is 29.4 Å². The standard InChI is InChI=1S/C31H37N7O3S/c1-18(2)36-10-11-38-20(16-36)13-27(34-38)32-24-14-23(33-35(6)29(24)40)21-8-7-9-25(22(21)17-39)37-15-19-12-26(31(3,4)5)42-28(19)30(37)41/h7-9,12-14,18,39H,10-11,15-17H2,1-6H3,(H,32,34). The maximum Gasteiger partial charge on any atom is 0.290 e. The Morgan fingerprint density at radius 3 is 2.55 bits per heavy atom. The smallest absolute Gasteiger partial charge is 0.290 e. The number of benzene rings is 1. The maximum absolute atomic E-state index is 13.5. The number of carbonyl (C=O) groups is 1. The molecule has 2 aliphatic rings. The summed E-state index contributed by atoms with van der Waals surface area (Å²) in [6, 6.07) is 11.8. The van der Waals surface area contributed by atoms with Gasteiger partial charge in [-0.1, -0.05) is 32.9 Å². The van der Waals surface area contributed by atoms with Gasteiger partial charge in [0.2, 0.25) is 0 Å². The molecule has 0 atom stereocenters. The van der Waals surface area contributed by atoms with E-state index in [-0.39, 0.29) is 23.5 Å². The van der Waals surface area contributed by atoms with Gasteiger partial charge in [-0.05, 0) is 43.0 Å². The Labute approximate surface area is 249 Å². The monoisotopic (exact) mass is 587 g/mol. The van der Waals surface area contributed by atoms with Crippen LogP contribution in [0, 0.1) is 0 Å². The van der Waals surface area contributed by atoms with Crippen LogP contribution >= 0.6 is 11.3 Å². The number of carbonyl (C=O) groups excluding carboxylic acids is 1. The van der Waals surface area contributed by atoms with Gasteiger partial charge >= 0.3 is 0 Å². The van der Waals surface area contributed by atoms with Gasteiger partial charge in [0, 0.05) is 48.2 Å². The molecule has 11 heteroatoms.